The highest BCUT2D eigenvalue weighted by Crippen LogP contribution is 2.29. The second kappa shape index (κ2) is 13.0. The maximum absolute atomic E-state index is 12.9. The minimum absolute atomic E-state index is 0. The number of rotatable bonds is 7. The number of anilines is 5. The van der Waals surface area contributed by atoms with Gasteiger partial charge in [0.1, 0.15) is 0 Å². The molecule has 0 spiro atoms. The molecule has 0 bridgehead atoms. The Balaban J connectivity index is 0.00000210. The zero-order chi connectivity index (χ0) is 25.8. The molecule has 5 rings (SSSR count). The van der Waals surface area contributed by atoms with Gasteiger partial charge < -0.3 is 25.8 Å². The number of nitrogens with one attached hydrogen (secondary N) is 3. The number of carbonyl (C=O) groups excluding carboxylic acids is 1. The van der Waals surface area contributed by atoms with Crippen molar-refractivity contribution in [2.24, 2.45) is 0 Å². The molecule has 0 radical (unpaired) electrons. The van der Waals surface area contributed by atoms with E-state index >= 15 is 0 Å². The molecule has 2 heterocycles. The lowest BCUT2D eigenvalue weighted by molar-refractivity contribution is 0.102. The minimum atomic E-state index is -0.159. The number of amides is 1. The van der Waals surface area contributed by atoms with Gasteiger partial charge in [0, 0.05) is 85.2 Å². The fourth-order valence-electron chi connectivity index (χ4n) is 4.09. The lowest BCUT2D eigenvalue weighted by Crippen LogP contribution is -2.16. The molecule has 3 aromatic carbocycles. The lowest BCUT2D eigenvalue weighted by Gasteiger charge is -2.18. The number of carbonyl (C=O) groups is 1. The molecule has 0 atom stereocenters. The van der Waals surface area contributed by atoms with Crippen molar-refractivity contribution < 1.29 is 4.79 Å². The fraction of sp³-hybridized carbons (Fsp3) is 0.133. The number of fused-ring (bicyclic) bond motifs is 1. The van der Waals surface area contributed by atoms with Crippen molar-refractivity contribution in [1.29, 1.82) is 0 Å². The summed E-state index contributed by atoms with van der Waals surface area (Å²) in [6.45, 7) is 0.846. The second-order valence-corrected chi connectivity index (χ2v) is 9.23. The summed E-state index contributed by atoms with van der Waals surface area (Å²) in [5, 5.41) is 10.9. The smallest absolute Gasteiger partial charge is 0.255 e. The van der Waals surface area contributed by atoms with E-state index in [9.17, 15) is 4.79 Å². The van der Waals surface area contributed by atoms with Gasteiger partial charge in [-0.25, -0.2) is 0 Å². The van der Waals surface area contributed by atoms with Crippen LogP contribution in [0.15, 0.2) is 103 Å². The number of benzene rings is 3. The molecule has 1 aliphatic rings. The summed E-state index contributed by atoms with van der Waals surface area (Å²) in [5.74, 6) is -0.159. The van der Waals surface area contributed by atoms with Gasteiger partial charge in [-0.1, -0.05) is 6.07 Å². The van der Waals surface area contributed by atoms with Crippen molar-refractivity contribution >= 4 is 70.1 Å². The van der Waals surface area contributed by atoms with Crippen LogP contribution >= 0.6 is 24.8 Å². The van der Waals surface area contributed by atoms with Crippen LogP contribution in [0.3, 0.4) is 0 Å². The Morgan fingerprint density at radius 2 is 1.67 bits per heavy atom. The lowest BCUT2D eigenvalue weighted by atomic mass is 10.1. The van der Waals surface area contributed by atoms with Gasteiger partial charge in [0.2, 0.25) is 0 Å². The average molecular weight is 564 g/mol. The topological polar surface area (TPSA) is 72.5 Å². The van der Waals surface area contributed by atoms with Crippen LogP contribution in [-0.4, -0.2) is 43.5 Å². The van der Waals surface area contributed by atoms with Gasteiger partial charge in [-0.3, -0.25) is 9.78 Å². The highest BCUT2D eigenvalue weighted by Gasteiger charge is 2.09. The Morgan fingerprint density at radius 3 is 2.38 bits per heavy atom. The summed E-state index contributed by atoms with van der Waals surface area (Å²) in [6, 6.07) is 23.4. The normalized spacial score (nSPS) is 12.1. The van der Waals surface area contributed by atoms with Gasteiger partial charge in [0.25, 0.3) is 5.91 Å². The maximum Gasteiger partial charge on any atom is 0.255 e. The molecule has 0 unspecified atom stereocenters. The number of hydrogen-bond acceptors (Lipinski definition) is 6. The van der Waals surface area contributed by atoms with Crippen molar-refractivity contribution in [3.63, 3.8) is 0 Å². The zero-order valence-corrected chi connectivity index (χ0v) is 23.6. The van der Waals surface area contributed by atoms with Crippen molar-refractivity contribution in [2.45, 2.75) is 0 Å². The molecule has 0 saturated heterocycles. The number of halogens is 2. The molecule has 1 amide bonds. The molecule has 1 aliphatic heterocycles. The van der Waals surface area contributed by atoms with Gasteiger partial charge in [0.05, 0.1) is 5.52 Å². The maximum atomic E-state index is 12.9. The minimum Gasteiger partial charge on any atom is -0.378 e. The van der Waals surface area contributed by atoms with Crippen molar-refractivity contribution in [1.82, 2.24) is 9.88 Å². The fourth-order valence-corrected chi connectivity index (χ4v) is 4.09. The van der Waals surface area contributed by atoms with E-state index in [1.807, 2.05) is 94.1 Å². The molecule has 0 saturated carbocycles. The van der Waals surface area contributed by atoms with Crippen molar-refractivity contribution in [3.05, 3.63) is 109 Å². The molecular formula is C30H32Cl2N6O. The van der Waals surface area contributed by atoms with Gasteiger partial charge in [-0.05, 0) is 78.9 Å². The first-order valence-electron chi connectivity index (χ1n) is 12.1. The first kappa shape index (κ1) is 29.4. The number of allylic oxidation sites excluding steroid dienone is 1. The quantitative estimate of drug-likeness (QED) is 0.227. The van der Waals surface area contributed by atoms with E-state index in [2.05, 4.69) is 48.9 Å². The summed E-state index contributed by atoms with van der Waals surface area (Å²) in [6.07, 6.45) is 7.95. The van der Waals surface area contributed by atoms with Gasteiger partial charge in [-0.2, -0.15) is 0 Å². The van der Waals surface area contributed by atoms with Crippen LogP contribution in [0, 0.1) is 0 Å². The van der Waals surface area contributed by atoms with Gasteiger partial charge in [0.15, 0.2) is 0 Å². The highest BCUT2D eigenvalue weighted by atomic mass is 35.5. The third-order valence-corrected chi connectivity index (χ3v) is 6.18. The third-order valence-electron chi connectivity index (χ3n) is 6.18. The highest BCUT2D eigenvalue weighted by molar-refractivity contribution is 6.05. The monoisotopic (exact) mass is 562 g/mol. The Labute approximate surface area is 241 Å². The molecule has 4 aromatic rings. The number of nitrogens with zero attached hydrogens (tertiary/aromatic N) is 3. The van der Waals surface area contributed by atoms with Crippen LogP contribution in [0.4, 0.5) is 28.4 Å². The van der Waals surface area contributed by atoms with Crippen LogP contribution in [0.1, 0.15) is 10.4 Å². The Bertz CT molecular complexity index is 1500. The van der Waals surface area contributed by atoms with Crippen molar-refractivity contribution in [3.8, 4) is 0 Å². The largest absolute Gasteiger partial charge is 0.378 e. The number of likely N-dealkylation sites (N-methyl/N-ethyl adjacent to an activating group) is 1. The van der Waals surface area contributed by atoms with Crippen LogP contribution in [0.5, 0.6) is 0 Å². The Hall–Kier alpha value is -4.20. The standard InChI is InChI=1S/C30H30N6O.2ClH/c1-35(2)26-11-12-28-27(20-26)29(13-16-31-28)33-22-7-9-23(10-8-22)34-30(37)21-5-4-6-25(19-21)32-24-14-17-36(3)18-15-24;;/h4-17,19-20,32H,18H2,1-3H3,(H,31,33)(H,34,37);2*1H. The first-order valence-corrected chi connectivity index (χ1v) is 12.1. The van der Waals surface area contributed by atoms with Crippen molar-refractivity contribution in [2.75, 3.05) is 48.5 Å². The van der Waals surface area contributed by atoms with E-state index in [0.717, 1.165) is 51.6 Å². The van der Waals surface area contributed by atoms with E-state index in [0.29, 0.717) is 5.56 Å². The van der Waals surface area contributed by atoms with E-state index in [1.165, 1.54) is 0 Å². The summed E-state index contributed by atoms with van der Waals surface area (Å²) >= 11 is 0. The second-order valence-electron chi connectivity index (χ2n) is 9.23. The molecule has 0 aliphatic carbocycles. The molecule has 39 heavy (non-hydrogen) atoms. The molecule has 7 nitrogen and oxygen atoms in total. The van der Waals surface area contributed by atoms with Gasteiger partial charge >= 0.3 is 0 Å². The molecule has 0 fully saturated rings. The number of hydrogen-bond donors (Lipinski definition) is 3. The molecule has 3 N–H and O–H groups in total. The van der Waals surface area contributed by atoms with Crippen LogP contribution in [0.25, 0.3) is 10.9 Å². The summed E-state index contributed by atoms with van der Waals surface area (Å²) in [7, 11) is 6.07. The van der Waals surface area contributed by atoms with E-state index in [-0.39, 0.29) is 30.7 Å². The summed E-state index contributed by atoms with van der Waals surface area (Å²) < 4.78 is 0. The molecule has 9 heteroatoms. The molecule has 202 valence electrons. The predicted molar refractivity (Wildman–Crippen MR) is 168 cm³/mol. The number of aromatic nitrogens is 1. The van der Waals surface area contributed by atoms with Crippen LogP contribution < -0.4 is 20.9 Å². The van der Waals surface area contributed by atoms with Crippen LogP contribution in [-0.2, 0) is 0 Å². The Kier molecular flexibility index (Phi) is 9.82. The van der Waals surface area contributed by atoms with E-state index in [1.54, 1.807) is 6.20 Å². The summed E-state index contributed by atoms with van der Waals surface area (Å²) in [4.78, 5) is 21.6. The van der Waals surface area contributed by atoms with E-state index < -0.39 is 0 Å². The third kappa shape index (κ3) is 7.22. The first-order chi connectivity index (χ1) is 17.9. The number of pyridine rings is 1. The summed E-state index contributed by atoms with van der Waals surface area (Å²) in [5.41, 5.74) is 7.14. The Morgan fingerprint density at radius 1 is 0.897 bits per heavy atom. The van der Waals surface area contributed by atoms with Gasteiger partial charge in [-0.15, -0.1) is 24.8 Å². The molecular weight excluding hydrogens is 531 g/mol. The molecule has 1 aromatic heterocycles. The average Bonchev–Trinajstić information content (AvgIpc) is 2.91. The van der Waals surface area contributed by atoms with E-state index in [4.69, 9.17) is 0 Å². The SMILES string of the molecule is CN1C=CC(Nc2cccc(C(=O)Nc3ccc(Nc4ccnc5ccc(N(C)C)cc45)cc3)c2)=CC1.Cl.Cl. The zero-order valence-electron chi connectivity index (χ0n) is 22.0. The predicted octanol–water partition coefficient (Wildman–Crippen LogP) is 6.90. The van der Waals surface area contributed by atoms with Crippen LogP contribution in [0.2, 0.25) is 0 Å².